The first-order valence-electron chi connectivity index (χ1n) is 5.82. The normalized spacial score (nSPS) is 10.8. The summed E-state index contributed by atoms with van der Waals surface area (Å²) < 4.78 is 0. The molecule has 0 fully saturated rings. The van der Waals surface area contributed by atoms with Gasteiger partial charge in [-0.15, -0.1) is 11.3 Å². The lowest BCUT2D eigenvalue weighted by molar-refractivity contribution is 0.102. The van der Waals surface area contributed by atoms with Gasteiger partial charge in [0.1, 0.15) is 11.3 Å². The first-order valence-corrected chi connectivity index (χ1v) is 6.70. The smallest absolute Gasteiger partial charge is 0.259 e. The molecule has 3 aromatic rings. The zero-order valence-electron chi connectivity index (χ0n) is 10.5. The van der Waals surface area contributed by atoms with E-state index in [0.29, 0.717) is 16.2 Å². The quantitative estimate of drug-likeness (QED) is 0.753. The molecule has 6 heteroatoms. The molecule has 0 saturated carbocycles. The van der Waals surface area contributed by atoms with Gasteiger partial charge in [-0.3, -0.25) is 10.1 Å². The molecule has 0 spiro atoms. The number of benzene rings is 1. The summed E-state index contributed by atoms with van der Waals surface area (Å²) in [6.45, 7) is 3.76. The second kappa shape index (κ2) is 4.47. The Balaban J connectivity index is 1.97. The lowest BCUT2D eigenvalue weighted by Crippen LogP contribution is -2.12. The van der Waals surface area contributed by atoms with Crippen molar-refractivity contribution in [2.75, 3.05) is 5.32 Å². The number of nitrogens with one attached hydrogen (secondary N) is 2. The van der Waals surface area contributed by atoms with Crippen molar-refractivity contribution in [3.8, 4) is 0 Å². The molecule has 1 amide bonds. The van der Waals surface area contributed by atoms with Gasteiger partial charge in [-0.2, -0.15) is 0 Å². The van der Waals surface area contributed by atoms with Crippen molar-refractivity contribution in [3.63, 3.8) is 0 Å². The predicted molar refractivity (Wildman–Crippen MR) is 75.6 cm³/mol. The maximum absolute atomic E-state index is 12.2. The molecule has 2 aromatic heterocycles. The fourth-order valence-corrected chi connectivity index (χ4v) is 2.60. The SMILES string of the molecule is Cc1csc(NC(=O)c2cccc3[nH]c(C)nc23)n1. The van der Waals surface area contributed by atoms with Crippen LogP contribution < -0.4 is 5.32 Å². The highest BCUT2D eigenvalue weighted by Crippen LogP contribution is 2.19. The summed E-state index contributed by atoms with van der Waals surface area (Å²) in [4.78, 5) is 23.9. The Morgan fingerprint density at radius 2 is 2.16 bits per heavy atom. The van der Waals surface area contributed by atoms with Crippen LogP contribution in [-0.2, 0) is 0 Å². The van der Waals surface area contributed by atoms with Gasteiger partial charge in [0.15, 0.2) is 5.13 Å². The average Bonchev–Trinajstić information content (AvgIpc) is 2.93. The number of anilines is 1. The number of aryl methyl sites for hydroxylation is 2. The summed E-state index contributed by atoms with van der Waals surface area (Å²) in [5.41, 5.74) is 3.00. The number of hydrogen-bond donors (Lipinski definition) is 2. The molecular weight excluding hydrogens is 260 g/mol. The minimum atomic E-state index is -0.188. The summed E-state index contributed by atoms with van der Waals surface area (Å²) >= 11 is 1.41. The van der Waals surface area contributed by atoms with E-state index in [4.69, 9.17) is 0 Å². The molecule has 2 heterocycles. The van der Waals surface area contributed by atoms with Crippen LogP contribution in [0, 0.1) is 13.8 Å². The summed E-state index contributed by atoms with van der Waals surface area (Å²) in [5, 5.41) is 5.30. The number of aromatic nitrogens is 3. The first kappa shape index (κ1) is 11.9. The van der Waals surface area contributed by atoms with Gasteiger partial charge in [-0.05, 0) is 26.0 Å². The van der Waals surface area contributed by atoms with Crippen molar-refractivity contribution >= 4 is 33.4 Å². The molecule has 0 bridgehead atoms. The van der Waals surface area contributed by atoms with Crippen LogP contribution in [-0.4, -0.2) is 20.9 Å². The van der Waals surface area contributed by atoms with Crippen LogP contribution in [0.4, 0.5) is 5.13 Å². The third-order valence-electron chi connectivity index (χ3n) is 2.72. The largest absolute Gasteiger partial charge is 0.342 e. The van der Waals surface area contributed by atoms with Crippen molar-refractivity contribution in [1.82, 2.24) is 15.0 Å². The van der Waals surface area contributed by atoms with Gasteiger partial charge in [0, 0.05) is 5.38 Å². The van der Waals surface area contributed by atoms with Crippen LogP contribution in [0.15, 0.2) is 23.6 Å². The van der Waals surface area contributed by atoms with Crippen LogP contribution >= 0.6 is 11.3 Å². The second-order valence-corrected chi connectivity index (χ2v) is 5.13. The molecule has 19 heavy (non-hydrogen) atoms. The molecule has 0 radical (unpaired) electrons. The van der Waals surface area contributed by atoms with Crippen LogP contribution in [0.3, 0.4) is 0 Å². The molecule has 96 valence electrons. The van der Waals surface area contributed by atoms with Gasteiger partial charge >= 0.3 is 0 Å². The number of thiazole rings is 1. The Morgan fingerprint density at radius 3 is 2.89 bits per heavy atom. The van der Waals surface area contributed by atoms with Crippen LogP contribution in [0.1, 0.15) is 21.9 Å². The number of carbonyl (C=O) groups is 1. The molecule has 0 aliphatic carbocycles. The molecule has 1 aromatic carbocycles. The summed E-state index contributed by atoms with van der Waals surface area (Å²) in [6.07, 6.45) is 0. The van der Waals surface area contributed by atoms with E-state index in [-0.39, 0.29) is 5.91 Å². The highest BCUT2D eigenvalue weighted by atomic mass is 32.1. The monoisotopic (exact) mass is 272 g/mol. The Kier molecular flexibility index (Phi) is 2.79. The van der Waals surface area contributed by atoms with Crippen molar-refractivity contribution in [3.05, 3.63) is 40.7 Å². The van der Waals surface area contributed by atoms with Gasteiger partial charge in [0.05, 0.1) is 16.8 Å². The lowest BCUT2D eigenvalue weighted by Gasteiger charge is -2.02. The van der Waals surface area contributed by atoms with Crippen molar-refractivity contribution in [1.29, 1.82) is 0 Å². The average molecular weight is 272 g/mol. The minimum absolute atomic E-state index is 0.188. The predicted octanol–water partition coefficient (Wildman–Crippen LogP) is 2.89. The Morgan fingerprint density at radius 1 is 1.32 bits per heavy atom. The number of hydrogen-bond acceptors (Lipinski definition) is 4. The topological polar surface area (TPSA) is 70.7 Å². The first-order chi connectivity index (χ1) is 9.13. The van der Waals surface area contributed by atoms with E-state index in [9.17, 15) is 4.79 Å². The van der Waals surface area contributed by atoms with Crippen molar-refractivity contribution in [2.45, 2.75) is 13.8 Å². The zero-order chi connectivity index (χ0) is 13.4. The van der Waals surface area contributed by atoms with Crippen molar-refractivity contribution < 1.29 is 4.79 Å². The number of amides is 1. The van der Waals surface area contributed by atoms with E-state index in [1.165, 1.54) is 11.3 Å². The summed E-state index contributed by atoms with van der Waals surface area (Å²) in [5.74, 6) is 0.604. The maximum Gasteiger partial charge on any atom is 0.259 e. The maximum atomic E-state index is 12.2. The fraction of sp³-hybridized carbons (Fsp3) is 0.154. The highest BCUT2D eigenvalue weighted by Gasteiger charge is 2.14. The van der Waals surface area contributed by atoms with E-state index in [1.54, 1.807) is 6.07 Å². The van der Waals surface area contributed by atoms with Gasteiger partial charge in [0.25, 0.3) is 5.91 Å². The standard InChI is InChI=1S/C13H12N4OS/c1-7-6-19-13(14-7)17-12(18)9-4-3-5-10-11(9)16-8(2)15-10/h3-6H,1-2H3,(H,15,16)(H,14,17,18). The minimum Gasteiger partial charge on any atom is -0.342 e. The number of carbonyl (C=O) groups excluding carboxylic acids is 1. The van der Waals surface area contributed by atoms with Crippen LogP contribution in [0.5, 0.6) is 0 Å². The third-order valence-corrected chi connectivity index (χ3v) is 3.59. The molecule has 0 aliphatic heterocycles. The Bertz CT molecular complexity index is 759. The fourth-order valence-electron chi connectivity index (χ4n) is 1.91. The number of rotatable bonds is 2. The third kappa shape index (κ3) is 2.22. The van der Waals surface area contributed by atoms with Gasteiger partial charge in [-0.25, -0.2) is 9.97 Å². The lowest BCUT2D eigenvalue weighted by atomic mass is 10.2. The molecular formula is C13H12N4OS. The number of imidazole rings is 1. The number of para-hydroxylation sites is 1. The molecule has 0 saturated heterocycles. The van der Waals surface area contributed by atoms with E-state index in [1.807, 2.05) is 31.4 Å². The summed E-state index contributed by atoms with van der Waals surface area (Å²) in [6, 6.07) is 5.50. The molecule has 0 aliphatic rings. The second-order valence-electron chi connectivity index (χ2n) is 4.27. The van der Waals surface area contributed by atoms with Crippen LogP contribution in [0.2, 0.25) is 0 Å². The molecule has 3 rings (SSSR count). The summed E-state index contributed by atoms with van der Waals surface area (Å²) in [7, 11) is 0. The number of nitrogens with zero attached hydrogens (tertiary/aromatic N) is 2. The Hall–Kier alpha value is -2.21. The van der Waals surface area contributed by atoms with E-state index < -0.39 is 0 Å². The molecule has 0 atom stereocenters. The highest BCUT2D eigenvalue weighted by molar-refractivity contribution is 7.13. The van der Waals surface area contributed by atoms with Gasteiger partial charge in [-0.1, -0.05) is 6.07 Å². The molecule has 2 N–H and O–H groups in total. The number of aromatic amines is 1. The van der Waals surface area contributed by atoms with E-state index in [2.05, 4.69) is 20.3 Å². The number of H-pyrrole nitrogens is 1. The van der Waals surface area contributed by atoms with Gasteiger partial charge < -0.3 is 4.98 Å². The van der Waals surface area contributed by atoms with Gasteiger partial charge in [0.2, 0.25) is 0 Å². The molecule has 5 nitrogen and oxygen atoms in total. The molecule has 0 unspecified atom stereocenters. The van der Waals surface area contributed by atoms with E-state index in [0.717, 1.165) is 17.0 Å². The van der Waals surface area contributed by atoms with Crippen LogP contribution in [0.25, 0.3) is 11.0 Å². The Labute approximate surface area is 113 Å². The van der Waals surface area contributed by atoms with Crippen molar-refractivity contribution in [2.24, 2.45) is 0 Å². The van der Waals surface area contributed by atoms with E-state index >= 15 is 0 Å². The zero-order valence-corrected chi connectivity index (χ0v) is 11.3. The number of fused-ring (bicyclic) bond motifs is 1.